The summed E-state index contributed by atoms with van der Waals surface area (Å²) < 4.78 is 40.1. The van der Waals surface area contributed by atoms with Gasteiger partial charge in [-0.3, -0.25) is 4.79 Å². The molecule has 1 aliphatic carbocycles. The van der Waals surface area contributed by atoms with Crippen molar-refractivity contribution in [3.8, 4) is 0 Å². The normalized spacial score (nSPS) is 20.5. The van der Waals surface area contributed by atoms with E-state index in [1.54, 1.807) is 11.8 Å². The van der Waals surface area contributed by atoms with E-state index < -0.39 is 15.8 Å². The van der Waals surface area contributed by atoms with Crippen LogP contribution in [-0.4, -0.2) is 49.7 Å². The highest BCUT2D eigenvalue weighted by molar-refractivity contribution is 7.89. The van der Waals surface area contributed by atoms with Crippen molar-refractivity contribution >= 4 is 15.9 Å². The molecule has 5 nitrogen and oxygen atoms in total. The number of halogens is 1. The molecule has 24 heavy (non-hydrogen) atoms. The molecule has 132 valence electrons. The topological polar surface area (TPSA) is 57.7 Å². The minimum atomic E-state index is -3.65. The fourth-order valence-corrected chi connectivity index (χ4v) is 5.25. The predicted molar refractivity (Wildman–Crippen MR) is 88.4 cm³/mol. The SMILES string of the molecule is Cc1cc(F)ccc1S(=O)(=O)N1CCN(C(=O)C2CCCC2)CC1. The van der Waals surface area contributed by atoms with Gasteiger partial charge in [-0.15, -0.1) is 0 Å². The van der Waals surface area contributed by atoms with Crippen LogP contribution in [0.3, 0.4) is 0 Å². The summed E-state index contributed by atoms with van der Waals surface area (Å²) in [5.41, 5.74) is 0.402. The Morgan fingerprint density at radius 3 is 2.33 bits per heavy atom. The lowest BCUT2D eigenvalue weighted by molar-refractivity contribution is -0.136. The molecule has 2 aliphatic rings. The molecule has 0 spiro atoms. The molecule has 0 aromatic heterocycles. The lowest BCUT2D eigenvalue weighted by Crippen LogP contribution is -2.51. The Kier molecular flexibility index (Phi) is 4.92. The zero-order chi connectivity index (χ0) is 17.3. The first kappa shape index (κ1) is 17.4. The van der Waals surface area contributed by atoms with E-state index in [2.05, 4.69) is 0 Å². The molecule has 2 fully saturated rings. The Morgan fingerprint density at radius 2 is 1.75 bits per heavy atom. The van der Waals surface area contributed by atoms with Gasteiger partial charge in [0.2, 0.25) is 15.9 Å². The molecule has 3 rings (SSSR count). The first-order chi connectivity index (χ1) is 11.4. The summed E-state index contributed by atoms with van der Waals surface area (Å²) in [4.78, 5) is 14.4. The van der Waals surface area contributed by atoms with Crippen LogP contribution in [0.15, 0.2) is 23.1 Å². The first-order valence-corrected chi connectivity index (χ1v) is 9.88. The van der Waals surface area contributed by atoms with Gasteiger partial charge in [0.25, 0.3) is 0 Å². The third-order valence-corrected chi connectivity index (χ3v) is 7.07. The number of piperazine rings is 1. The second-order valence-corrected chi connectivity index (χ2v) is 8.53. The maximum Gasteiger partial charge on any atom is 0.243 e. The average Bonchev–Trinajstić information content (AvgIpc) is 3.08. The van der Waals surface area contributed by atoms with E-state index in [0.717, 1.165) is 25.7 Å². The van der Waals surface area contributed by atoms with Crippen molar-refractivity contribution in [3.05, 3.63) is 29.6 Å². The number of carbonyl (C=O) groups excluding carboxylic acids is 1. The number of sulfonamides is 1. The molecule has 1 aromatic carbocycles. The third kappa shape index (κ3) is 3.32. The van der Waals surface area contributed by atoms with Crippen LogP contribution >= 0.6 is 0 Å². The van der Waals surface area contributed by atoms with Crippen molar-refractivity contribution in [2.24, 2.45) is 5.92 Å². The van der Waals surface area contributed by atoms with Crippen LogP contribution < -0.4 is 0 Å². The van der Waals surface area contributed by atoms with Crippen LogP contribution in [0.1, 0.15) is 31.2 Å². The number of carbonyl (C=O) groups is 1. The quantitative estimate of drug-likeness (QED) is 0.836. The summed E-state index contributed by atoms with van der Waals surface area (Å²) in [7, 11) is -3.65. The van der Waals surface area contributed by atoms with Gasteiger partial charge in [-0.1, -0.05) is 12.8 Å². The van der Waals surface area contributed by atoms with Gasteiger partial charge in [-0.2, -0.15) is 4.31 Å². The van der Waals surface area contributed by atoms with Crippen molar-refractivity contribution in [3.63, 3.8) is 0 Å². The molecule has 1 aromatic rings. The lowest BCUT2D eigenvalue weighted by Gasteiger charge is -2.35. The Balaban J connectivity index is 1.68. The van der Waals surface area contributed by atoms with Gasteiger partial charge >= 0.3 is 0 Å². The zero-order valence-corrected chi connectivity index (χ0v) is 14.7. The number of hydrogen-bond acceptors (Lipinski definition) is 3. The molecule has 7 heteroatoms. The molecule has 0 radical (unpaired) electrons. The minimum Gasteiger partial charge on any atom is -0.340 e. The van der Waals surface area contributed by atoms with Crippen LogP contribution in [0, 0.1) is 18.7 Å². The Hall–Kier alpha value is -1.47. The summed E-state index contributed by atoms with van der Waals surface area (Å²) in [5, 5.41) is 0. The number of aryl methyl sites for hydroxylation is 1. The van der Waals surface area contributed by atoms with Gasteiger partial charge < -0.3 is 4.90 Å². The summed E-state index contributed by atoms with van der Waals surface area (Å²) in [5.74, 6) is -0.159. The van der Waals surface area contributed by atoms with Gasteiger partial charge in [0.05, 0.1) is 4.90 Å². The maximum absolute atomic E-state index is 13.2. The van der Waals surface area contributed by atoms with E-state index in [9.17, 15) is 17.6 Å². The van der Waals surface area contributed by atoms with E-state index >= 15 is 0 Å². The highest BCUT2D eigenvalue weighted by atomic mass is 32.2. The molecular formula is C17H23FN2O3S. The van der Waals surface area contributed by atoms with Crippen LogP contribution in [0.5, 0.6) is 0 Å². The zero-order valence-electron chi connectivity index (χ0n) is 13.9. The minimum absolute atomic E-state index is 0.118. The second kappa shape index (κ2) is 6.80. The Labute approximate surface area is 142 Å². The molecule has 1 saturated carbocycles. The summed E-state index contributed by atoms with van der Waals surface area (Å²) in [6.07, 6.45) is 4.11. The van der Waals surface area contributed by atoms with Crippen LogP contribution in [0.25, 0.3) is 0 Å². The number of hydrogen-bond donors (Lipinski definition) is 0. The number of nitrogens with zero attached hydrogens (tertiary/aromatic N) is 2. The highest BCUT2D eigenvalue weighted by Crippen LogP contribution is 2.28. The largest absolute Gasteiger partial charge is 0.340 e. The standard InChI is InChI=1S/C17H23FN2O3S/c1-13-12-15(18)6-7-16(13)24(22,23)20-10-8-19(9-11-20)17(21)14-4-2-3-5-14/h6-7,12,14H,2-5,8-11H2,1H3. The van der Waals surface area contributed by atoms with E-state index in [1.165, 1.54) is 22.5 Å². The molecule has 1 saturated heterocycles. The van der Waals surface area contributed by atoms with Gasteiger partial charge in [0.15, 0.2) is 0 Å². The number of benzene rings is 1. The van der Waals surface area contributed by atoms with Crippen molar-refractivity contribution in [2.45, 2.75) is 37.5 Å². The molecule has 0 bridgehead atoms. The molecule has 0 unspecified atom stereocenters. The molecule has 0 N–H and O–H groups in total. The van der Waals surface area contributed by atoms with Crippen LogP contribution in [0.2, 0.25) is 0 Å². The Morgan fingerprint density at radius 1 is 1.12 bits per heavy atom. The average molecular weight is 354 g/mol. The van der Waals surface area contributed by atoms with Crippen molar-refractivity contribution < 1.29 is 17.6 Å². The van der Waals surface area contributed by atoms with Gasteiger partial charge in [0, 0.05) is 32.1 Å². The summed E-state index contributed by atoms with van der Waals surface area (Å²) in [6, 6.07) is 3.71. The fourth-order valence-electron chi connectivity index (χ4n) is 3.62. The molecule has 1 amide bonds. The number of rotatable bonds is 3. The fraction of sp³-hybridized carbons (Fsp3) is 0.588. The van der Waals surface area contributed by atoms with Crippen molar-refractivity contribution in [2.75, 3.05) is 26.2 Å². The summed E-state index contributed by atoms with van der Waals surface area (Å²) >= 11 is 0. The maximum atomic E-state index is 13.2. The Bertz CT molecular complexity index is 721. The van der Waals surface area contributed by atoms with E-state index in [-0.39, 0.29) is 29.8 Å². The van der Waals surface area contributed by atoms with Crippen molar-refractivity contribution in [1.29, 1.82) is 0 Å². The van der Waals surface area contributed by atoms with Gasteiger partial charge in [0.1, 0.15) is 5.82 Å². The van der Waals surface area contributed by atoms with Crippen molar-refractivity contribution in [1.82, 2.24) is 9.21 Å². The number of amides is 1. The van der Waals surface area contributed by atoms with Crippen LogP contribution in [-0.2, 0) is 14.8 Å². The molecule has 0 atom stereocenters. The van der Waals surface area contributed by atoms with Gasteiger partial charge in [-0.25, -0.2) is 12.8 Å². The third-order valence-electron chi connectivity index (χ3n) is 5.01. The van der Waals surface area contributed by atoms with Crippen LogP contribution in [0.4, 0.5) is 4.39 Å². The smallest absolute Gasteiger partial charge is 0.243 e. The van der Waals surface area contributed by atoms with Gasteiger partial charge in [-0.05, 0) is 43.5 Å². The first-order valence-electron chi connectivity index (χ1n) is 8.44. The highest BCUT2D eigenvalue weighted by Gasteiger charge is 2.33. The monoisotopic (exact) mass is 354 g/mol. The van der Waals surface area contributed by atoms with E-state index in [1.807, 2.05) is 0 Å². The molecular weight excluding hydrogens is 331 g/mol. The van der Waals surface area contributed by atoms with E-state index in [4.69, 9.17) is 0 Å². The van der Waals surface area contributed by atoms with E-state index in [0.29, 0.717) is 18.7 Å². The predicted octanol–water partition coefficient (Wildman–Crippen LogP) is 2.16. The summed E-state index contributed by atoms with van der Waals surface area (Å²) in [6.45, 7) is 3.02. The second-order valence-electron chi connectivity index (χ2n) is 6.62. The molecule has 1 heterocycles. The molecule has 1 aliphatic heterocycles. The lowest BCUT2D eigenvalue weighted by atomic mass is 10.1.